The summed E-state index contributed by atoms with van der Waals surface area (Å²) < 4.78 is 10.4. The first-order valence-electron chi connectivity index (χ1n) is 8.69. The summed E-state index contributed by atoms with van der Waals surface area (Å²) in [6.07, 6.45) is -0.500. The van der Waals surface area contributed by atoms with Crippen LogP contribution in [0.25, 0.3) is 0 Å². The highest BCUT2D eigenvalue weighted by atomic mass is 16.6. The molecule has 1 rings (SSSR count). The largest absolute Gasteiger partial charge is 0.478 e. The lowest BCUT2D eigenvalue weighted by molar-refractivity contribution is -0.181. The van der Waals surface area contributed by atoms with Crippen LogP contribution in [0, 0.1) is 5.92 Å². The quantitative estimate of drug-likeness (QED) is 0.652. The average Bonchev–Trinajstić information content (AvgIpc) is 2.62. The standard InChI is InChI=1S/C19H27NO6/c1-5-19(6-2,17(22)23)26-16(21)15(13(3)4)20-18(24)25-12-14-10-8-7-9-11-14/h7-11,13,15H,5-6,12H2,1-4H3,(H,20,24)(H,22,23)/t15-/m0/s1. The maximum Gasteiger partial charge on any atom is 0.408 e. The number of carbonyl (C=O) groups excluding carboxylic acids is 2. The number of rotatable bonds is 9. The van der Waals surface area contributed by atoms with Crippen LogP contribution in [0.3, 0.4) is 0 Å². The average molecular weight is 365 g/mol. The van der Waals surface area contributed by atoms with Crippen LogP contribution < -0.4 is 5.32 Å². The number of carbonyl (C=O) groups is 3. The molecule has 7 heteroatoms. The van der Waals surface area contributed by atoms with E-state index in [0.717, 1.165) is 5.56 Å². The molecule has 0 aliphatic carbocycles. The minimum atomic E-state index is -1.60. The highest BCUT2D eigenvalue weighted by molar-refractivity contribution is 5.86. The zero-order chi connectivity index (χ0) is 19.7. The van der Waals surface area contributed by atoms with E-state index in [1.54, 1.807) is 27.7 Å². The number of aliphatic carboxylic acids is 1. The molecule has 0 radical (unpaired) electrons. The van der Waals surface area contributed by atoms with E-state index in [9.17, 15) is 19.5 Å². The summed E-state index contributed by atoms with van der Waals surface area (Å²) >= 11 is 0. The Morgan fingerprint density at radius 3 is 2.15 bits per heavy atom. The van der Waals surface area contributed by atoms with Crippen LogP contribution in [0.1, 0.15) is 46.1 Å². The highest BCUT2D eigenvalue weighted by Gasteiger charge is 2.41. The molecule has 0 fully saturated rings. The summed E-state index contributed by atoms with van der Waals surface area (Å²) in [7, 11) is 0. The first-order valence-corrected chi connectivity index (χ1v) is 8.69. The van der Waals surface area contributed by atoms with Gasteiger partial charge < -0.3 is 19.9 Å². The number of carboxylic acids is 1. The van der Waals surface area contributed by atoms with Gasteiger partial charge in [0.2, 0.25) is 5.60 Å². The van der Waals surface area contributed by atoms with Gasteiger partial charge in [0.1, 0.15) is 12.6 Å². The number of hydrogen-bond acceptors (Lipinski definition) is 5. The van der Waals surface area contributed by atoms with Gasteiger partial charge in [-0.05, 0) is 24.3 Å². The lowest BCUT2D eigenvalue weighted by Crippen LogP contribution is -2.51. The van der Waals surface area contributed by atoms with Gasteiger partial charge in [-0.15, -0.1) is 0 Å². The Morgan fingerprint density at radius 1 is 1.12 bits per heavy atom. The minimum Gasteiger partial charge on any atom is -0.478 e. The van der Waals surface area contributed by atoms with E-state index >= 15 is 0 Å². The number of esters is 1. The Morgan fingerprint density at radius 2 is 1.69 bits per heavy atom. The third-order valence-electron chi connectivity index (χ3n) is 4.23. The second-order valence-electron chi connectivity index (χ2n) is 6.36. The molecule has 0 spiro atoms. The Bertz CT molecular complexity index is 610. The van der Waals surface area contributed by atoms with Crippen LogP contribution in [0.5, 0.6) is 0 Å². The van der Waals surface area contributed by atoms with Gasteiger partial charge >= 0.3 is 18.0 Å². The summed E-state index contributed by atoms with van der Waals surface area (Å²) in [5.41, 5.74) is -0.784. The maximum atomic E-state index is 12.5. The first-order chi connectivity index (χ1) is 12.3. The Balaban J connectivity index is 2.73. The van der Waals surface area contributed by atoms with Crippen molar-refractivity contribution in [3.8, 4) is 0 Å². The number of nitrogens with one attached hydrogen (secondary N) is 1. The summed E-state index contributed by atoms with van der Waals surface area (Å²) in [6.45, 7) is 6.79. The third kappa shape index (κ3) is 5.75. The molecule has 0 unspecified atom stereocenters. The van der Waals surface area contributed by atoms with Crippen LogP contribution in [0.15, 0.2) is 30.3 Å². The Hall–Kier alpha value is -2.57. The molecule has 0 bridgehead atoms. The molecule has 1 amide bonds. The lowest BCUT2D eigenvalue weighted by atomic mass is 9.96. The van der Waals surface area contributed by atoms with Crippen LogP contribution in [-0.2, 0) is 25.7 Å². The molecule has 7 nitrogen and oxygen atoms in total. The van der Waals surface area contributed by atoms with Crippen molar-refractivity contribution in [3.63, 3.8) is 0 Å². The molecule has 1 atom stereocenters. The number of ether oxygens (including phenoxy) is 2. The lowest BCUT2D eigenvalue weighted by Gasteiger charge is -2.30. The van der Waals surface area contributed by atoms with Crippen LogP contribution in [0.4, 0.5) is 4.79 Å². The van der Waals surface area contributed by atoms with Gasteiger partial charge in [0.25, 0.3) is 0 Å². The second-order valence-corrected chi connectivity index (χ2v) is 6.36. The van der Waals surface area contributed by atoms with Gasteiger partial charge in [0, 0.05) is 0 Å². The van der Waals surface area contributed by atoms with Crippen molar-refractivity contribution >= 4 is 18.0 Å². The highest BCUT2D eigenvalue weighted by Crippen LogP contribution is 2.23. The summed E-state index contributed by atoms with van der Waals surface area (Å²) in [4.78, 5) is 36.0. The van der Waals surface area contributed by atoms with Crippen molar-refractivity contribution in [2.24, 2.45) is 5.92 Å². The van der Waals surface area contributed by atoms with Crippen molar-refractivity contribution in [1.29, 1.82) is 0 Å². The van der Waals surface area contributed by atoms with Gasteiger partial charge in [-0.25, -0.2) is 14.4 Å². The third-order valence-corrected chi connectivity index (χ3v) is 4.23. The molecule has 26 heavy (non-hydrogen) atoms. The molecule has 1 aromatic carbocycles. The molecular formula is C19H27NO6. The van der Waals surface area contributed by atoms with E-state index in [1.807, 2.05) is 30.3 Å². The van der Waals surface area contributed by atoms with Crippen molar-refractivity contribution in [2.75, 3.05) is 0 Å². The molecule has 0 heterocycles. The van der Waals surface area contributed by atoms with Crippen molar-refractivity contribution < 1.29 is 29.0 Å². The fourth-order valence-electron chi connectivity index (χ4n) is 2.39. The number of amides is 1. The van der Waals surface area contributed by atoms with E-state index in [2.05, 4.69) is 5.32 Å². The smallest absolute Gasteiger partial charge is 0.408 e. The van der Waals surface area contributed by atoms with Crippen molar-refractivity contribution in [2.45, 2.75) is 58.8 Å². The number of carboxylic acid groups (broad SMARTS) is 1. The zero-order valence-corrected chi connectivity index (χ0v) is 15.7. The van der Waals surface area contributed by atoms with Gasteiger partial charge in [-0.2, -0.15) is 0 Å². The minimum absolute atomic E-state index is 0.0650. The number of alkyl carbamates (subject to hydrolysis) is 1. The normalized spacial score (nSPS) is 12.3. The van der Waals surface area contributed by atoms with E-state index in [0.29, 0.717) is 0 Å². The van der Waals surface area contributed by atoms with Crippen molar-refractivity contribution in [1.82, 2.24) is 5.32 Å². The molecule has 1 aromatic rings. The van der Waals surface area contributed by atoms with Crippen LogP contribution >= 0.6 is 0 Å². The monoisotopic (exact) mass is 365 g/mol. The number of benzene rings is 1. The maximum absolute atomic E-state index is 12.5. The van der Waals surface area contributed by atoms with Crippen molar-refractivity contribution in [3.05, 3.63) is 35.9 Å². The van der Waals surface area contributed by atoms with E-state index < -0.39 is 29.7 Å². The molecule has 0 aromatic heterocycles. The van der Waals surface area contributed by atoms with Gasteiger partial charge in [-0.3, -0.25) is 0 Å². The predicted octanol–water partition coefficient (Wildman–Crippen LogP) is 3.12. The summed E-state index contributed by atoms with van der Waals surface area (Å²) in [6, 6.07) is 8.12. The summed E-state index contributed by atoms with van der Waals surface area (Å²) in [5.74, 6) is -2.29. The number of hydrogen-bond donors (Lipinski definition) is 2. The molecule has 0 aliphatic rings. The zero-order valence-electron chi connectivity index (χ0n) is 15.7. The van der Waals surface area contributed by atoms with E-state index in [1.165, 1.54) is 0 Å². The predicted molar refractivity (Wildman–Crippen MR) is 95.4 cm³/mol. The topological polar surface area (TPSA) is 102 Å². The second kappa shape index (κ2) is 9.79. The fourth-order valence-corrected chi connectivity index (χ4v) is 2.39. The van der Waals surface area contributed by atoms with E-state index in [4.69, 9.17) is 9.47 Å². The molecule has 144 valence electrons. The molecule has 0 aliphatic heterocycles. The Labute approximate surface area is 153 Å². The van der Waals surface area contributed by atoms with Crippen LogP contribution in [-0.4, -0.2) is 34.8 Å². The first kappa shape index (κ1) is 21.5. The Kier molecular flexibility index (Phi) is 8.09. The molecule has 2 N–H and O–H groups in total. The van der Waals surface area contributed by atoms with Gasteiger partial charge in [-0.1, -0.05) is 58.0 Å². The fraction of sp³-hybridized carbons (Fsp3) is 0.526. The van der Waals surface area contributed by atoms with Gasteiger partial charge in [0.15, 0.2) is 0 Å². The van der Waals surface area contributed by atoms with Gasteiger partial charge in [0.05, 0.1) is 0 Å². The molecule has 0 saturated carbocycles. The van der Waals surface area contributed by atoms with Crippen LogP contribution in [0.2, 0.25) is 0 Å². The summed E-state index contributed by atoms with van der Waals surface area (Å²) in [5, 5.41) is 11.9. The molecule has 0 saturated heterocycles. The van der Waals surface area contributed by atoms with E-state index in [-0.39, 0.29) is 25.4 Å². The molecular weight excluding hydrogens is 338 g/mol. The SMILES string of the molecule is CCC(CC)(OC(=O)[C@@H](NC(=O)OCc1ccccc1)C(C)C)C(=O)O.